The van der Waals surface area contributed by atoms with Crippen LogP contribution in [0.5, 0.6) is 0 Å². The second-order valence-electron chi connectivity index (χ2n) is 9.90. The van der Waals surface area contributed by atoms with Gasteiger partial charge >= 0.3 is 18.1 Å². The van der Waals surface area contributed by atoms with Crippen molar-refractivity contribution in [3.63, 3.8) is 0 Å². The molecule has 1 aromatic heterocycles. The van der Waals surface area contributed by atoms with Gasteiger partial charge in [0.2, 0.25) is 0 Å². The van der Waals surface area contributed by atoms with Gasteiger partial charge in [0.15, 0.2) is 0 Å². The van der Waals surface area contributed by atoms with Gasteiger partial charge in [0.1, 0.15) is 0 Å². The van der Waals surface area contributed by atoms with E-state index in [1.165, 1.54) is 27.5 Å². The Balaban J connectivity index is 0.000000517. The fourth-order valence-corrected chi connectivity index (χ4v) is 5.43. The lowest BCUT2D eigenvalue weighted by Gasteiger charge is -2.32. The number of hydrogen-bond donors (Lipinski definition) is 2. The highest BCUT2D eigenvalue weighted by molar-refractivity contribution is 7.10. The molecule has 2 unspecified atom stereocenters. The van der Waals surface area contributed by atoms with E-state index in [0.717, 1.165) is 30.8 Å². The van der Waals surface area contributed by atoms with Gasteiger partial charge in [-0.1, -0.05) is 66.7 Å². The van der Waals surface area contributed by atoms with E-state index in [1.807, 2.05) is 17.5 Å². The second kappa shape index (κ2) is 14.9. The van der Waals surface area contributed by atoms with Crippen LogP contribution in [0.4, 0.5) is 13.2 Å². The van der Waals surface area contributed by atoms with E-state index in [9.17, 15) is 18.0 Å². The highest BCUT2D eigenvalue weighted by atomic mass is 32.1. The summed E-state index contributed by atoms with van der Waals surface area (Å²) in [4.78, 5) is 21.9. The van der Waals surface area contributed by atoms with Crippen molar-refractivity contribution in [2.45, 2.75) is 44.1 Å². The Labute approximate surface area is 246 Å². The number of aliphatic carboxylic acids is 1. The van der Waals surface area contributed by atoms with Crippen LogP contribution < -0.4 is 5.32 Å². The van der Waals surface area contributed by atoms with Crippen LogP contribution in [0.3, 0.4) is 0 Å². The van der Waals surface area contributed by atoms with Gasteiger partial charge in [-0.25, -0.2) is 4.79 Å². The van der Waals surface area contributed by atoms with E-state index in [0.29, 0.717) is 25.6 Å². The fourth-order valence-electron chi connectivity index (χ4n) is 4.74. The van der Waals surface area contributed by atoms with E-state index >= 15 is 0 Å². The van der Waals surface area contributed by atoms with Crippen LogP contribution in [0.1, 0.15) is 33.9 Å². The van der Waals surface area contributed by atoms with Crippen LogP contribution >= 0.6 is 11.3 Å². The van der Waals surface area contributed by atoms with E-state index in [2.05, 4.69) is 72.0 Å². The molecular weight excluding hydrogens is 567 g/mol. The molecule has 10 heteroatoms. The normalized spacial score (nSPS) is 16.8. The highest BCUT2D eigenvalue weighted by Crippen LogP contribution is 2.29. The Morgan fingerprint density at radius 1 is 0.952 bits per heavy atom. The molecule has 222 valence electrons. The van der Waals surface area contributed by atoms with Crippen LogP contribution in [0.2, 0.25) is 0 Å². The molecule has 3 aromatic carbocycles. The molecule has 0 amide bonds. The summed E-state index contributed by atoms with van der Waals surface area (Å²) < 4.78 is 43.6. The number of fused-ring (bicyclic) bond motifs is 1. The summed E-state index contributed by atoms with van der Waals surface area (Å²) in [5, 5.41) is 15.1. The molecule has 6 nitrogen and oxygen atoms in total. The third-order valence-corrected chi connectivity index (χ3v) is 7.78. The van der Waals surface area contributed by atoms with Crippen molar-refractivity contribution in [3.8, 4) is 0 Å². The van der Waals surface area contributed by atoms with Crippen LogP contribution in [-0.2, 0) is 38.5 Å². The van der Waals surface area contributed by atoms with Crippen molar-refractivity contribution in [1.29, 1.82) is 0 Å². The molecule has 1 aliphatic rings. The zero-order valence-corrected chi connectivity index (χ0v) is 23.6. The molecule has 2 heterocycles. The van der Waals surface area contributed by atoms with Crippen LogP contribution in [-0.4, -0.2) is 49.0 Å². The quantitative estimate of drug-likeness (QED) is 0.213. The maximum Gasteiger partial charge on any atom is 0.490 e. The van der Waals surface area contributed by atoms with Gasteiger partial charge < -0.3 is 19.9 Å². The van der Waals surface area contributed by atoms with Crippen molar-refractivity contribution in [2.24, 2.45) is 0 Å². The predicted octanol–water partition coefficient (Wildman–Crippen LogP) is 6.53. The number of ether oxygens (including phenoxy) is 2. The van der Waals surface area contributed by atoms with E-state index in [1.54, 1.807) is 11.3 Å². The van der Waals surface area contributed by atoms with Gasteiger partial charge in [0, 0.05) is 23.8 Å². The molecule has 0 aliphatic carbocycles. The van der Waals surface area contributed by atoms with Crippen molar-refractivity contribution in [1.82, 2.24) is 5.32 Å². The largest absolute Gasteiger partial charge is 0.490 e. The molecule has 0 bridgehead atoms. The van der Waals surface area contributed by atoms with Gasteiger partial charge in [0.25, 0.3) is 0 Å². The number of carboxylic acid groups (broad SMARTS) is 1. The van der Waals surface area contributed by atoms with Gasteiger partial charge in [-0.15, -0.1) is 11.3 Å². The number of nitrogens with one attached hydrogen (secondary N) is 1. The molecule has 0 saturated carbocycles. The maximum absolute atomic E-state index is 12.0. The molecule has 1 aliphatic heterocycles. The first kappa shape index (κ1) is 31.2. The Kier molecular flexibility index (Phi) is 11.1. The summed E-state index contributed by atoms with van der Waals surface area (Å²) in [6.45, 7) is 2.89. The summed E-state index contributed by atoms with van der Waals surface area (Å²) in [5.41, 5.74) is 3.70. The zero-order chi connectivity index (χ0) is 30.0. The number of hydrogen-bond acceptors (Lipinski definition) is 6. The Morgan fingerprint density at radius 2 is 1.67 bits per heavy atom. The molecule has 0 spiro atoms. The standard InChI is InChI=1S/C30H31NO3S.C2HF3O2/c32-30(19-27-6-3-17-35-27)33-16-14-22-7-11-25(12-8-22)28-13-15-31-20-29(28)34-21-23-9-10-24-4-1-2-5-26(24)18-23;3-2(4,5)1(6)7/h1-12,17-18,28-29,31H,13-16,19-21H2;(H,6,7). The molecule has 5 rings (SSSR count). The van der Waals surface area contributed by atoms with Crippen LogP contribution in [0, 0.1) is 0 Å². The first-order chi connectivity index (χ1) is 20.2. The number of carbonyl (C=O) groups is 2. The number of rotatable bonds is 9. The maximum atomic E-state index is 12.0. The summed E-state index contributed by atoms with van der Waals surface area (Å²) in [6, 6.07) is 27.7. The highest BCUT2D eigenvalue weighted by Gasteiger charge is 2.38. The van der Waals surface area contributed by atoms with E-state index in [-0.39, 0.29) is 12.1 Å². The van der Waals surface area contributed by atoms with E-state index in [4.69, 9.17) is 19.4 Å². The van der Waals surface area contributed by atoms with Gasteiger partial charge in [-0.2, -0.15) is 13.2 Å². The molecule has 1 fully saturated rings. The number of halogens is 3. The summed E-state index contributed by atoms with van der Waals surface area (Å²) in [7, 11) is 0. The van der Waals surface area contributed by atoms with Crippen molar-refractivity contribution in [2.75, 3.05) is 19.7 Å². The molecule has 42 heavy (non-hydrogen) atoms. The summed E-state index contributed by atoms with van der Waals surface area (Å²) >= 11 is 1.58. The van der Waals surface area contributed by atoms with Gasteiger partial charge in [0.05, 0.1) is 25.7 Å². The summed E-state index contributed by atoms with van der Waals surface area (Å²) in [5.74, 6) is -2.55. The Bertz CT molecular complexity index is 1440. The van der Waals surface area contributed by atoms with Crippen molar-refractivity contribution >= 4 is 34.0 Å². The number of alkyl halides is 3. The average Bonchev–Trinajstić information content (AvgIpc) is 3.49. The zero-order valence-electron chi connectivity index (χ0n) is 22.8. The number of benzene rings is 3. The molecule has 1 saturated heterocycles. The number of carbonyl (C=O) groups excluding carboxylic acids is 1. The number of esters is 1. The SMILES string of the molecule is O=C(Cc1cccs1)OCCc1ccc(C2CCNCC2OCc2ccc3ccccc3c2)cc1.O=C(O)C(F)(F)F. The third-order valence-electron chi connectivity index (χ3n) is 6.91. The second-order valence-corrected chi connectivity index (χ2v) is 10.9. The average molecular weight is 600 g/mol. The third kappa shape index (κ3) is 9.40. The van der Waals surface area contributed by atoms with Crippen molar-refractivity contribution < 1.29 is 37.3 Å². The monoisotopic (exact) mass is 599 g/mol. The molecule has 0 radical (unpaired) electrons. The summed E-state index contributed by atoms with van der Waals surface area (Å²) in [6.07, 6.45) is -2.81. The molecule has 2 N–H and O–H groups in total. The fraction of sp³-hybridized carbons (Fsp3) is 0.312. The minimum Gasteiger partial charge on any atom is -0.475 e. The van der Waals surface area contributed by atoms with Crippen LogP contribution in [0.15, 0.2) is 84.2 Å². The topological polar surface area (TPSA) is 84.9 Å². The Hall–Kier alpha value is -3.73. The minimum absolute atomic E-state index is 0.138. The van der Waals surface area contributed by atoms with Crippen LogP contribution in [0.25, 0.3) is 10.8 Å². The van der Waals surface area contributed by atoms with Gasteiger partial charge in [-0.05, 0) is 57.9 Å². The number of thiophene rings is 1. The minimum atomic E-state index is -5.08. The molecule has 2 atom stereocenters. The Morgan fingerprint density at radius 3 is 2.36 bits per heavy atom. The first-order valence-electron chi connectivity index (χ1n) is 13.6. The lowest BCUT2D eigenvalue weighted by atomic mass is 9.87. The first-order valence-corrected chi connectivity index (χ1v) is 14.4. The smallest absolute Gasteiger partial charge is 0.475 e. The lowest BCUT2D eigenvalue weighted by molar-refractivity contribution is -0.192. The number of carboxylic acids is 1. The molecule has 4 aromatic rings. The predicted molar refractivity (Wildman–Crippen MR) is 156 cm³/mol. The van der Waals surface area contributed by atoms with Crippen molar-refractivity contribution in [3.05, 3.63) is 106 Å². The lowest BCUT2D eigenvalue weighted by Crippen LogP contribution is -2.40. The molecular formula is C32H32F3NO5S. The van der Waals surface area contributed by atoms with E-state index < -0.39 is 12.1 Å². The number of piperidine rings is 1. The van der Waals surface area contributed by atoms with Gasteiger partial charge in [-0.3, -0.25) is 4.79 Å².